The maximum atomic E-state index is 12.2. The second kappa shape index (κ2) is 5.07. The van der Waals surface area contributed by atoms with Crippen LogP contribution in [0.2, 0.25) is 25.7 Å². The lowest BCUT2D eigenvalue weighted by atomic mass is 10.2. The van der Waals surface area contributed by atoms with Gasteiger partial charge in [-0.15, -0.1) is 0 Å². The summed E-state index contributed by atoms with van der Waals surface area (Å²) in [6, 6.07) is 0.163. The molecule has 0 aromatic carbocycles. The topological polar surface area (TPSA) is 66.5 Å². The third kappa shape index (κ3) is 4.08. The predicted octanol–water partition coefficient (Wildman–Crippen LogP) is 0.475. The van der Waals surface area contributed by atoms with Crippen molar-refractivity contribution in [3.8, 4) is 0 Å². The minimum Gasteiger partial charge on any atom is -0.353 e. The summed E-state index contributed by atoms with van der Waals surface area (Å²) in [4.78, 5) is 11.4. The lowest BCUT2D eigenvalue weighted by molar-refractivity contribution is -0.126. The first-order chi connectivity index (χ1) is 7.63. The van der Waals surface area contributed by atoms with Crippen LogP contribution >= 0.6 is 0 Å². The lowest BCUT2D eigenvalue weighted by Crippen LogP contribution is -2.56. The number of carbonyl (C=O) groups is 1. The Kier molecular flexibility index (Phi) is 4.37. The second-order valence-corrected chi connectivity index (χ2v) is 13.4. The van der Waals surface area contributed by atoms with E-state index in [9.17, 15) is 13.2 Å². The van der Waals surface area contributed by atoms with Crippen molar-refractivity contribution in [1.82, 2.24) is 9.62 Å². The number of sulfonamides is 1. The van der Waals surface area contributed by atoms with Crippen LogP contribution in [0, 0.1) is 0 Å². The zero-order valence-corrected chi connectivity index (χ0v) is 12.8. The van der Waals surface area contributed by atoms with Gasteiger partial charge in [-0.3, -0.25) is 4.79 Å². The summed E-state index contributed by atoms with van der Waals surface area (Å²) in [5, 5.41) is 2.67. The van der Waals surface area contributed by atoms with Crippen LogP contribution in [0.4, 0.5) is 0 Å². The van der Waals surface area contributed by atoms with Crippen LogP contribution in [0.5, 0.6) is 0 Å². The SMILES string of the molecule is C[C@@H]1C(=O)NCCN1S(=O)(=O)CC[Si](C)(C)C. The molecule has 0 unspecified atom stereocenters. The molecule has 1 fully saturated rings. The van der Waals surface area contributed by atoms with E-state index in [1.54, 1.807) is 6.92 Å². The highest BCUT2D eigenvalue weighted by Gasteiger charge is 2.34. The summed E-state index contributed by atoms with van der Waals surface area (Å²) >= 11 is 0. The highest BCUT2D eigenvalue weighted by Crippen LogP contribution is 2.16. The minimum absolute atomic E-state index is 0.167. The molecule has 0 aliphatic carbocycles. The molecule has 0 bridgehead atoms. The fraction of sp³-hybridized carbons (Fsp3) is 0.900. The van der Waals surface area contributed by atoms with E-state index in [0.717, 1.165) is 6.04 Å². The highest BCUT2D eigenvalue weighted by atomic mass is 32.2. The van der Waals surface area contributed by atoms with Gasteiger partial charge in [0, 0.05) is 21.2 Å². The Labute approximate surface area is 105 Å². The zero-order valence-electron chi connectivity index (χ0n) is 11.0. The number of nitrogens with one attached hydrogen (secondary N) is 1. The Morgan fingerprint density at radius 3 is 2.53 bits per heavy atom. The Bertz CT molecular complexity index is 389. The van der Waals surface area contributed by atoms with Crippen molar-refractivity contribution in [1.29, 1.82) is 0 Å². The van der Waals surface area contributed by atoms with Crippen molar-refractivity contribution in [3.63, 3.8) is 0 Å². The van der Waals surface area contributed by atoms with Crippen LogP contribution in [0.15, 0.2) is 0 Å². The van der Waals surface area contributed by atoms with Gasteiger partial charge in [-0.25, -0.2) is 8.42 Å². The van der Waals surface area contributed by atoms with Gasteiger partial charge < -0.3 is 5.32 Å². The molecule has 0 aromatic heterocycles. The first kappa shape index (κ1) is 14.7. The third-order valence-corrected chi connectivity index (χ3v) is 6.96. The molecular formula is C10H22N2O3SSi. The first-order valence-corrected chi connectivity index (χ1v) is 11.2. The highest BCUT2D eigenvalue weighted by molar-refractivity contribution is 7.89. The van der Waals surface area contributed by atoms with Crippen LogP contribution in [-0.2, 0) is 14.8 Å². The fourth-order valence-corrected chi connectivity index (χ4v) is 6.36. The molecule has 1 heterocycles. The van der Waals surface area contributed by atoms with Crippen LogP contribution in [-0.4, -0.2) is 51.6 Å². The van der Waals surface area contributed by atoms with E-state index < -0.39 is 24.1 Å². The molecule has 1 atom stereocenters. The largest absolute Gasteiger partial charge is 0.353 e. The van der Waals surface area contributed by atoms with E-state index in [2.05, 4.69) is 25.0 Å². The molecule has 1 aliphatic heterocycles. The van der Waals surface area contributed by atoms with Crippen LogP contribution in [0.3, 0.4) is 0 Å². The molecule has 1 aliphatic rings. The molecule has 1 saturated heterocycles. The quantitative estimate of drug-likeness (QED) is 0.760. The van der Waals surface area contributed by atoms with Crippen LogP contribution < -0.4 is 5.32 Å². The molecule has 7 heteroatoms. The second-order valence-electron chi connectivity index (χ2n) is 5.70. The summed E-state index contributed by atoms with van der Waals surface area (Å²) in [6.07, 6.45) is 0. The number of rotatable bonds is 4. The van der Waals surface area contributed by atoms with Crippen molar-refractivity contribution >= 4 is 24.0 Å². The van der Waals surface area contributed by atoms with E-state index in [0.29, 0.717) is 13.1 Å². The Morgan fingerprint density at radius 2 is 2.00 bits per heavy atom. The van der Waals surface area contributed by atoms with Gasteiger partial charge in [0.05, 0.1) is 5.75 Å². The summed E-state index contributed by atoms with van der Waals surface area (Å²) in [5.74, 6) is -0.0341. The summed E-state index contributed by atoms with van der Waals surface area (Å²) in [7, 11) is -4.67. The molecule has 17 heavy (non-hydrogen) atoms. The lowest BCUT2D eigenvalue weighted by Gasteiger charge is -2.32. The molecule has 0 saturated carbocycles. The van der Waals surface area contributed by atoms with Gasteiger partial charge in [-0.1, -0.05) is 19.6 Å². The minimum atomic E-state index is -3.29. The number of nitrogens with zero attached hydrogens (tertiary/aromatic N) is 1. The van der Waals surface area contributed by atoms with Crippen molar-refractivity contribution in [2.75, 3.05) is 18.8 Å². The molecule has 1 rings (SSSR count). The number of hydrogen-bond donors (Lipinski definition) is 1. The van der Waals surface area contributed by atoms with E-state index in [4.69, 9.17) is 0 Å². The maximum Gasteiger partial charge on any atom is 0.238 e. The summed E-state index contributed by atoms with van der Waals surface area (Å²) in [6.45, 7) is 8.88. The van der Waals surface area contributed by atoms with Crippen LogP contribution in [0.1, 0.15) is 6.92 Å². The van der Waals surface area contributed by atoms with Gasteiger partial charge in [0.25, 0.3) is 0 Å². The summed E-state index contributed by atoms with van der Waals surface area (Å²) < 4.78 is 25.7. The number of carbonyl (C=O) groups excluding carboxylic acids is 1. The average molecular weight is 278 g/mol. The van der Waals surface area contributed by atoms with Crippen LogP contribution in [0.25, 0.3) is 0 Å². The Hall–Kier alpha value is -0.403. The van der Waals surface area contributed by atoms with Gasteiger partial charge in [0.2, 0.25) is 15.9 Å². The maximum absolute atomic E-state index is 12.2. The average Bonchev–Trinajstić information content (AvgIpc) is 2.18. The smallest absolute Gasteiger partial charge is 0.238 e. The monoisotopic (exact) mass is 278 g/mol. The van der Waals surface area contributed by atoms with Gasteiger partial charge >= 0.3 is 0 Å². The number of amides is 1. The standard InChI is InChI=1S/C10H22N2O3SSi/c1-9-10(13)11-5-6-12(9)16(14,15)7-8-17(2,3)4/h9H,5-8H2,1-4H3,(H,11,13)/t9-/m1/s1. The molecule has 0 radical (unpaired) electrons. The molecule has 100 valence electrons. The van der Waals surface area contributed by atoms with E-state index >= 15 is 0 Å². The van der Waals surface area contributed by atoms with E-state index in [-0.39, 0.29) is 11.7 Å². The van der Waals surface area contributed by atoms with Crippen molar-refractivity contribution < 1.29 is 13.2 Å². The molecular weight excluding hydrogens is 256 g/mol. The number of hydrogen-bond acceptors (Lipinski definition) is 3. The molecule has 0 spiro atoms. The van der Waals surface area contributed by atoms with Crippen molar-refractivity contribution in [3.05, 3.63) is 0 Å². The van der Waals surface area contributed by atoms with Gasteiger partial charge in [0.15, 0.2) is 0 Å². The number of piperazine rings is 1. The summed E-state index contributed by atoms with van der Waals surface area (Å²) in [5.41, 5.74) is 0. The fourth-order valence-electron chi connectivity index (χ4n) is 1.69. The zero-order chi connectivity index (χ0) is 13.3. The van der Waals surface area contributed by atoms with E-state index in [1.807, 2.05) is 0 Å². The van der Waals surface area contributed by atoms with E-state index in [1.165, 1.54) is 4.31 Å². The normalized spacial score (nSPS) is 23.5. The van der Waals surface area contributed by atoms with Gasteiger partial charge in [0.1, 0.15) is 6.04 Å². The Balaban J connectivity index is 2.73. The Morgan fingerprint density at radius 1 is 1.41 bits per heavy atom. The molecule has 5 nitrogen and oxygen atoms in total. The third-order valence-electron chi connectivity index (χ3n) is 2.91. The molecule has 0 aromatic rings. The predicted molar refractivity (Wildman–Crippen MR) is 71.1 cm³/mol. The van der Waals surface area contributed by atoms with Crippen molar-refractivity contribution in [2.24, 2.45) is 0 Å². The van der Waals surface area contributed by atoms with Crippen molar-refractivity contribution in [2.45, 2.75) is 38.7 Å². The molecule has 1 amide bonds. The first-order valence-electron chi connectivity index (χ1n) is 5.91. The van der Waals surface area contributed by atoms with Gasteiger partial charge in [-0.05, 0) is 13.0 Å². The van der Waals surface area contributed by atoms with Gasteiger partial charge in [-0.2, -0.15) is 4.31 Å². The molecule has 1 N–H and O–H groups in total.